The Labute approximate surface area is 155 Å². The predicted octanol–water partition coefficient (Wildman–Crippen LogP) is 4.45. The van der Waals surface area contributed by atoms with Crippen LogP contribution in [0, 0.1) is 13.8 Å². The van der Waals surface area contributed by atoms with Crippen LogP contribution in [0.1, 0.15) is 11.1 Å². The van der Waals surface area contributed by atoms with E-state index in [1.165, 1.54) is 31.3 Å². The van der Waals surface area contributed by atoms with Crippen molar-refractivity contribution < 1.29 is 0 Å². The SMILES string of the molecule is Cc1csc2c1c1nn(C)nc1c1c3scc(C)c3c3nn(C)nc3c21. The summed E-state index contributed by atoms with van der Waals surface area (Å²) in [5.41, 5.74) is 6.33. The van der Waals surface area contributed by atoms with Crippen molar-refractivity contribution in [1.82, 2.24) is 30.0 Å². The van der Waals surface area contributed by atoms with Gasteiger partial charge in [0, 0.05) is 45.0 Å². The highest BCUT2D eigenvalue weighted by molar-refractivity contribution is 7.20. The van der Waals surface area contributed by atoms with Gasteiger partial charge in [0.05, 0.1) is 0 Å². The summed E-state index contributed by atoms with van der Waals surface area (Å²) in [5, 5.41) is 28.0. The number of benzene rings is 2. The van der Waals surface area contributed by atoms with Gasteiger partial charge in [0.25, 0.3) is 0 Å². The number of nitrogens with zero attached hydrogens (tertiary/aromatic N) is 6. The minimum absolute atomic E-state index is 0.955. The van der Waals surface area contributed by atoms with E-state index < -0.39 is 0 Å². The van der Waals surface area contributed by atoms with Gasteiger partial charge in [0.15, 0.2) is 0 Å². The number of fused-ring (bicyclic) bond motifs is 11. The van der Waals surface area contributed by atoms with Crippen LogP contribution in [0.4, 0.5) is 0 Å². The fraction of sp³-hybridized carbons (Fsp3) is 0.222. The molecule has 8 heteroatoms. The van der Waals surface area contributed by atoms with Gasteiger partial charge in [-0.05, 0) is 35.7 Å². The molecule has 4 heterocycles. The zero-order chi connectivity index (χ0) is 17.7. The largest absolute Gasteiger partial charge is 0.187 e. The van der Waals surface area contributed by atoms with Crippen molar-refractivity contribution in [2.45, 2.75) is 13.8 Å². The second-order valence-electron chi connectivity index (χ2n) is 6.77. The van der Waals surface area contributed by atoms with Crippen LogP contribution < -0.4 is 0 Å². The summed E-state index contributed by atoms with van der Waals surface area (Å²) in [5.74, 6) is 0. The van der Waals surface area contributed by atoms with Crippen molar-refractivity contribution in [2.24, 2.45) is 14.1 Å². The quantitative estimate of drug-likeness (QED) is 0.392. The van der Waals surface area contributed by atoms with E-state index in [-0.39, 0.29) is 0 Å². The van der Waals surface area contributed by atoms with Crippen molar-refractivity contribution >= 4 is 75.7 Å². The fourth-order valence-corrected chi connectivity index (χ4v) is 6.22. The Bertz CT molecular complexity index is 1410. The van der Waals surface area contributed by atoms with Crippen LogP contribution in [-0.2, 0) is 14.1 Å². The summed E-state index contributed by atoms with van der Waals surface area (Å²) in [6, 6.07) is 0. The molecule has 0 aliphatic carbocycles. The standard InChI is InChI=1S/C18H14N6S2/c1-7-5-25-17-9(7)13-15(21-23(3)19-13)12-11(17)16-14(20-24(4)22-16)10-8(2)6-26-18(10)12/h5-6H,1-4H3. The molecule has 128 valence electrons. The van der Waals surface area contributed by atoms with Crippen LogP contribution in [0.3, 0.4) is 0 Å². The molecule has 2 aromatic carbocycles. The molecular weight excluding hydrogens is 364 g/mol. The van der Waals surface area contributed by atoms with Crippen LogP contribution in [0.2, 0.25) is 0 Å². The molecule has 6 rings (SSSR count). The molecule has 0 aliphatic rings. The monoisotopic (exact) mass is 378 g/mol. The smallest absolute Gasteiger partial charge is 0.123 e. The molecular formula is C18H14N6S2. The van der Waals surface area contributed by atoms with Crippen LogP contribution in [0.5, 0.6) is 0 Å². The molecule has 0 bridgehead atoms. The predicted molar refractivity (Wildman–Crippen MR) is 108 cm³/mol. The first-order valence-corrected chi connectivity index (χ1v) is 10.1. The highest BCUT2D eigenvalue weighted by Gasteiger charge is 2.24. The molecule has 0 saturated carbocycles. The maximum absolute atomic E-state index is 4.75. The van der Waals surface area contributed by atoms with Crippen molar-refractivity contribution in [3.05, 3.63) is 21.9 Å². The second kappa shape index (κ2) is 4.57. The van der Waals surface area contributed by atoms with E-state index in [1.54, 1.807) is 32.3 Å². The lowest BCUT2D eigenvalue weighted by atomic mass is 10.00. The van der Waals surface area contributed by atoms with Crippen LogP contribution in [0.15, 0.2) is 10.8 Å². The van der Waals surface area contributed by atoms with Gasteiger partial charge in [-0.1, -0.05) is 0 Å². The average molecular weight is 378 g/mol. The van der Waals surface area contributed by atoms with Gasteiger partial charge in [-0.3, -0.25) is 0 Å². The van der Waals surface area contributed by atoms with Gasteiger partial charge in [0.1, 0.15) is 22.1 Å². The number of hydrogen-bond donors (Lipinski definition) is 0. The van der Waals surface area contributed by atoms with E-state index in [0.717, 1.165) is 32.8 Å². The highest BCUT2D eigenvalue weighted by Crippen LogP contribution is 2.46. The minimum atomic E-state index is 0.955. The van der Waals surface area contributed by atoms with Crippen LogP contribution in [-0.4, -0.2) is 30.0 Å². The zero-order valence-electron chi connectivity index (χ0n) is 14.7. The van der Waals surface area contributed by atoms with Gasteiger partial charge >= 0.3 is 0 Å². The van der Waals surface area contributed by atoms with Crippen molar-refractivity contribution in [2.75, 3.05) is 0 Å². The molecule has 26 heavy (non-hydrogen) atoms. The summed E-state index contributed by atoms with van der Waals surface area (Å²) in [7, 11) is 3.77. The lowest BCUT2D eigenvalue weighted by molar-refractivity contribution is 0.665. The Morgan fingerprint density at radius 2 is 0.962 bits per heavy atom. The first-order valence-electron chi connectivity index (χ1n) is 8.30. The molecule has 6 aromatic rings. The van der Waals surface area contributed by atoms with Gasteiger partial charge < -0.3 is 0 Å². The van der Waals surface area contributed by atoms with E-state index in [9.17, 15) is 0 Å². The molecule has 4 aromatic heterocycles. The molecule has 0 atom stereocenters. The number of thiophene rings is 2. The number of aromatic nitrogens is 6. The number of hydrogen-bond acceptors (Lipinski definition) is 6. The molecule has 0 unspecified atom stereocenters. The van der Waals surface area contributed by atoms with Gasteiger partial charge in [-0.25, -0.2) is 0 Å². The van der Waals surface area contributed by atoms with Gasteiger partial charge in [-0.15, -0.1) is 22.7 Å². The molecule has 0 saturated heterocycles. The Balaban J connectivity index is 2.13. The second-order valence-corrected chi connectivity index (χ2v) is 8.53. The van der Waals surface area contributed by atoms with E-state index in [0.29, 0.717) is 0 Å². The fourth-order valence-electron chi connectivity index (χ4n) is 4.01. The Morgan fingerprint density at radius 1 is 0.615 bits per heavy atom. The third-order valence-corrected chi connectivity index (χ3v) is 7.26. The van der Waals surface area contributed by atoms with Crippen molar-refractivity contribution in [3.63, 3.8) is 0 Å². The van der Waals surface area contributed by atoms with Crippen molar-refractivity contribution in [3.8, 4) is 0 Å². The lowest BCUT2D eigenvalue weighted by Crippen LogP contribution is -1.90. The average Bonchev–Trinajstić information content (AvgIpc) is 3.32. The molecule has 0 aliphatic heterocycles. The molecule has 0 fully saturated rings. The summed E-state index contributed by atoms with van der Waals surface area (Å²) < 4.78 is 2.45. The van der Waals surface area contributed by atoms with E-state index >= 15 is 0 Å². The van der Waals surface area contributed by atoms with Crippen LogP contribution in [0.25, 0.3) is 53.0 Å². The van der Waals surface area contributed by atoms with E-state index in [4.69, 9.17) is 20.4 Å². The zero-order valence-corrected chi connectivity index (χ0v) is 16.3. The molecule has 0 radical (unpaired) electrons. The maximum atomic E-state index is 4.75. The van der Waals surface area contributed by atoms with E-state index in [2.05, 4.69) is 24.6 Å². The number of rotatable bonds is 0. The van der Waals surface area contributed by atoms with Gasteiger partial charge in [-0.2, -0.15) is 30.0 Å². The Kier molecular flexibility index (Phi) is 2.56. The normalized spacial score (nSPS) is 12.6. The first-order chi connectivity index (χ1) is 12.5. The highest BCUT2D eigenvalue weighted by atomic mass is 32.1. The summed E-state index contributed by atoms with van der Waals surface area (Å²) in [6.45, 7) is 4.28. The molecule has 6 nitrogen and oxygen atoms in total. The Hall–Kier alpha value is -2.58. The molecule has 0 amide bonds. The number of aryl methyl sites for hydroxylation is 4. The van der Waals surface area contributed by atoms with E-state index in [1.807, 2.05) is 14.1 Å². The van der Waals surface area contributed by atoms with Crippen molar-refractivity contribution in [1.29, 1.82) is 0 Å². The lowest BCUT2D eigenvalue weighted by Gasteiger charge is -2.05. The van der Waals surface area contributed by atoms with Crippen LogP contribution >= 0.6 is 22.7 Å². The summed E-state index contributed by atoms with van der Waals surface area (Å²) in [6.07, 6.45) is 0. The third-order valence-electron chi connectivity index (χ3n) is 5.03. The van der Waals surface area contributed by atoms with Gasteiger partial charge in [0.2, 0.25) is 0 Å². The Morgan fingerprint density at radius 3 is 1.35 bits per heavy atom. The third kappa shape index (κ3) is 1.57. The topological polar surface area (TPSA) is 61.4 Å². The maximum Gasteiger partial charge on any atom is 0.123 e. The first kappa shape index (κ1) is 14.6. The summed E-state index contributed by atoms with van der Waals surface area (Å²) in [4.78, 5) is 3.35. The summed E-state index contributed by atoms with van der Waals surface area (Å²) >= 11 is 3.52. The minimum Gasteiger partial charge on any atom is -0.187 e. The molecule has 0 N–H and O–H groups in total. The molecule has 0 spiro atoms.